The molecule has 0 aliphatic rings. The second kappa shape index (κ2) is 7.91. The highest BCUT2D eigenvalue weighted by Crippen LogP contribution is 2.04. The van der Waals surface area contributed by atoms with Gasteiger partial charge in [-0.3, -0.25) is 9.20 Å². The van der Waals surface area contributed by atoms with Crippen molar-refractivity contribution in [1.29, 1.82) is 0 Å². The average molecular weight is 338 g/mol. The number of anilines is 1. The molecule has 0 spiro atoms. The molecule has 0 aliphatic heterocycles. The fourth-order valence-electron chi connectivity index (χ4n) is 2.26. The van der Waals surface area contributed by atoms with E-state index in [-0.39, 0.29) is 31.4 Å². The summed E-state index contributed by atoms with van der Waals surface area (Å²) in [5.74, 6) is 0.478. The van der Waals surface area contributed by atoms with Crippen LogP contribution >= 0.6 is 0 Å². The molecule has 2 aromatic heterocycles. The lowest BCUT2D eigenvalue weighted by Crippen LogP contribution is -2.33. The minimum Gasteiger partial charge on any atom is -0.349 e. The van der Waals surface area contributed by atoms with Crippen LogP contribution in [0.15, 0.2) is 54.7 Å². The Balaban J connectivity index is 1.39. The number of aromatic nitrogens is 3. The van der Waals surface area contributed by atoms with Gasteiger partial charge in [0.05, 0.1) is 6.54 Å². The Morgan fingerprint density at radius 2 is 1.76 bits per heavy atom. The van der Waals surface area contributed by atoms with Gasteiger partial charge in [0.15, 0.2) is 11.5 Å². The smallest absolute Gasteiger partial charge is 0.319 e. The van der Waals surface area contributed by atoms with Crippen LogP contribution < -0.4 is 16.0 Å². The number of amides is 3. The summed E-state index contributed by atoms with van der Waals surface area (Å²) in [5.41, 5.74) is 1.43. The SMILES string of the molecule is O=C(CCNC(=O)Nc1ccccc1)NCc1nnc2ccccn12. The van der Waals surface area contributed by atoms with Crippen molar-refractivity contribution in [2.24, 2.45) is 0 Å². The number of nitrogens with one attached hydrogen (secondary N) is 3. The molecule has 2 heterocycles. The molecule has 3 rings (SSSR count). The molecule has 0 atom stereocenters. The number of hydrogen-bond acceptors (Lipinski definition) is 4. The van der Waals surface area contributed by atoms with E-state index in [1.165, 1.54) is 0 Å². The summed E-state index contributed by atoms with van der Waals surface area (Å²) in [6.45, 7) is 0.519. The summed E-state index contributed by atoms with van der Waals surface area (Å²) in [5, 5.41) is 16.2. The zero-order chi connectivity index (χ0) is 17.5. The maximum atomic E-state index is 11.9. The first kappa shape index (κ1) is 16.4. The number of carbonyl (C=O) groups is 2. The van der Waals surface area contributed by atoms with E-state index < -0.39 is 0 Å². The Hall–Kier alpha value is -3.42. The molecule has 8 heteroatoms. The van der Waals surface area contributed by atoms with E-state index in [1.807, 2.05) is 47.0 Å². The highest BCUT2D eigenvalue weighted by Gasteiger charge is 2.07. The van der Waals surface area contributed by atoms with Gasteiger partial charge in [-0.25, -0.2) is 4.79 Å². The number of urea groups is 1. The van der Waals surface area contributed by atoms with Crippen LogP contribution in [-0.4, -0.2) is 33.1 Å². The predicted octanol–water partition coefficient (Wildman–Crippen LogP) is 1.56. The lowest BCUT2D eigenvalue weighted by molar-refractivity contribution is -0.121. The largest absolute Gasteiger partial charge is 0.349 e. The summed E-state index contributed by atoms with van der Waals surface area (Å²) in [7, 11) is 0. The minimum absolute atomic E-state index is 0.173. The molecule has 25 heavy (non-hydrogen) atoms. The van der Waals surface area contributed by atoms with Crippen molar-refractivity contribution in [2.75, 3.05) is 11.9 Å². The van der Waals surface area contributed by atoms with Crippen molar-refractivity contribution in [3.63, 3.8) is 0 Å². The van der Waals surface area contributed by atoms with Gasteiger partial charge in [0.2, 0.25) is 5.91 Å². The van der Waals surface area contributed by atoms with Crippen LogP contribution in [0.5, 0.6) is 0 Å². The third kappa shape index (κ3) is 4.54. The van der Waals surface area contributed by atoms with E-state index in [0.29, 0.717) is 11.5 Å². The molecular weight excluding hydrogens is 320 g/mol. The first-order valence-electron chi connectivity index (χ1n) is 7.87. The lowest BCUT2D eigenvalue weighted by atomic mass is 10.3. The van der Waals surface area contributed by atoms with E-state index in [2.05, 4.69) is 26.1 Å². The quantitative estimate of drug-likeness (QED) is 0.635. The number of pyridine rings is 1. The van der Waals surface area contributed by atoms with Gasteiger partial charge < -0.3 is 16.0 Å². The van der Waals surface area contributed by atoms with E-state index in [0.717, 1.165) is 5.65 Å². The summed E-state index contributed by atoms with van der Waals surface area (Å²) < 4.78 is 1.81. The number of nitrogens with zero attached hydrogens (tertiary/aromatic N) is 3. The van der Waals surface area contributed by atoms with E-state index in [1.54, 1.807) is 12.1 Å². The van der Waals surface area contributed by atoms with Gasteiger partial charge in [-0.1, -0.05) is 24.3 Å². The maximum Gasteiger partial charge on any atom is 0.319 e. The maximum absolute atomic E-state index is 11.9. The first-order chi connectivity index (χ1) is 12.2. The topological polar surface area (TPSA) is 100 Å². The van der Waals surface area contributed by atoms with Crippen molar-refractivity contribution in [1.82, 2.24) is 25.2 Å². The molecule has 3 aromatic rings. The van der Waals surface area contributed by atoms with Crippen molar-refractivity contribution in [2.45, 2.75) is 13.0 Å². The molecule has 8 nitrogen and oxygen atoms in total. The minimum atomic E-state index is -0.345. The number of para-hydroxylation sites is 1. The molecule has 0 radical (unpaired) electrons. The van der Waals surface area contributed by atoms with Crippen LogP contribution in [-0.2, 0) is 11.3 Å². The fourth-order valence-corrected chi connectivity index (χ4v) is 2.26. The van der Waals surface area contributed by atoms with Crippen molar-refractivity contribution >= 4 is 23.3 Å². The standard InChI is InChI=1S/C17H18N6O2/c24-16(9-10-18-17(25)20-13-6-2-1-3-7-13)19-12-15-22-21-14-8-4-5-11-23(14)15/h1-8,11H,9-10,12H2,(H,19,24)(H2,18,20,25). The number of carbonyl (C=O) groups excluding carboxylic acids is 2. The second-order valence-electron chi connectivity index (χ2n) is 5.32. The Kier molecular flexibility index (Phi) is 5.20. The van der Waals surface area contributed by atoms with Gasteiger partial charge in [0.25, 0.3) is 0 Å². The molecule has 0 bridgehead atoms. The summed E-state index contributed by atoms with van der Waals surface area (Å²) in [6, 6.07) is 14.3. The Bertz CT molecular complexity index is 862. The molecule has 1 aromatic carbocycles. The first-order valence-corrected chi connectivity index (χ1v) is 7.87. The zero-order valence-corrected chi connectivity index (χ0v) is 13.5. The summed E-state index contributed by atoms with van der Waals surface area (Å²) in [6.07, 6.45) is 2.02. The van der Waals surface area contributed by atoms with Crippen LogP contribution in [0.1, 0.15) is 12.2 Å². The zero-order valence-electron chi connectivity index (χ0n) is 13.5. The molecule has 0 saturated carbocycles. The van der Waals surface area contributed by atoms with E-state index in [4.69, 9.17) is 0 Å². The number of rotatable bonds is 6. The molecule has 128 valence electrons. The van der Waals surface area contributed by atoms with Gasteiger partial charge in [-0.15, -0.1) is 10.2 Å². The molecule has 0 fully saturated rings. The summed E-state index contributed by atoms with van der Waals surface area (Å²) in [4.78, 5) is 23.6. The van der Waals surface area contributed by atoms with Crippen LogP contribution in [0.3, 0.4) is 0 Å². The number of hydrogen-bond donors (Lipinski definition) is 3. The Morgan fingerprint density at radius 3 is 2.60 bits per heavy atom. The normalized spacial score (nSPS) is 10.4. The van der Waals surface area contributed by atoms with Crippen molar-refractivity contribution in [3.8, 4) is 0 Å². The van der Waals surface area contributed by atoms with Crippen LogP contribution in [0.2, 0.25) is 0 Å². The average Bonchev–Trinajstić information content (AvgIpc) is 3.04. The number of fused-ring (bicyclic) bond motifs is 1. The number of benzene rings is 1. The second-order valence-corrected chi connectivity index (χ2v) is 5.32. The Morgan fingerprint density at radius 1 is 0.960 bits per heavy atom. The van der Waals surface area contributed by atoms with Gasteiger partial charge in [-0.05, 0) is 24.3 Å². The predicted molar refractivity (Wildman–Crippen MR) is 92.9 cm³/mol. The molecule has 0 unspecified atom stereocenters. The lowest BCUT2D eigenvalue weighted by Gasteiger charge is -2.08. The van der Waals surface area contributed by atoms with Crippen LogP contribution in [0.25, 0.3) is 5.65 Å². The van der Waals surface area contributed by atoms with Crippen molar-refractivity contribution in [3.05, 3.63) is 60.6 Å². The molecule has 0 aliphatic carbocycles. The van der Waals surface area contributed by atoms with E-state index >= 15 is 0 Å². The monoisotopic (exact) mass is 338 g/mol. The van der Waals surface area contributed by atoms with Crippen molar-refractivity contribution < 1.29 is 9.59 Å². The fraction of sp³-hybridized carbons (Fsp3) is 0.176. The third-order valence-corrected chi connectivity index (χ3v) is 3.50. The van der Waals surface area contributed by atoms with Crippen LogP contribution in [0.4, 0.5) is 10.5 Å². The van der Waals surface area contributed by atoms with Crippen LogP contribution in [0, 0.1) is 0 Å². The van der Waals surface area contributed by atoms with Gasteiger partial charge in [0, 0.05) is 24.8 Å². The molecule has 3 amide bonds. The molecule has 3 N–H and O–H groups in total. The highest BCUT2D eigenvalue weighted by atomic mass is 16.2. The van der Waals surface area contributed by atoms with E-state index in [9.17, 15) is 9.59 Å². The van der Waals surface area contributed by atoms with Gasteiger partial charge in [0.1, 0.15) is 0 Å². The summed E-state index contributed by atoms with van der Waals surface area (Å²) >= 11 is 0. The van der Waals surface area contributed by atoms with Gasteiger partial charge in [-0.2, -0.15) is 0 Å². The Labute approximate surface area is 144 Å². The van der Waals surface area contributed by atoms with Gasteiger partial charge >= 0.3 is 6.03 Å². The molecular formula is C17H18N6O2. The third-order valence-electron chi connectivity index (χ3n) is 3.50. The highest BCUT2D eigenvalue weighted by molar-refractivity contribution is 5.89. The molecule has 0 saturated heterocycles.